The summed E-state index contributed by atoms with van der Waals surface area (Å²) in [5.41, 5.74) is 0.618. The number of Topliss-reactive ketones (excluding diaryl/α,β-unsaturated/α-hetero) is 1. The number of likely N-dealkylation sites (tertiary alicyclic amines) is 1. The molecule has 1 aliphatic heterocycles. The minimum atomic E-state index is 0.112. The van der Waals surface area contributed by atoms with Crippen LogP contribution in [-0.4, -0.2) is 55.4 Å². The van der Waals surface area contributed by atoms with E-state index in [1.807, 2.05) is 6.07 Å². The van der Waals surface area contributed by atoms with E-state index in [-0.39, 0.29) is 5.78 Å². The average Bonchev–Trinajstić information content (AvgIpc) is 2.95. The fourth-order valence-corrected chi connectivity index (χ4v) is 3.35. The summed E-state index contributed by atoms with van der Waals surface area (Å²) in [6.07, 6.45) is 3.16. The molecule has 0 aromatic heterocycles. The molecule has 1 fully saturated rings. The molecule has 1 aromatic rings. The van der Waals surface area contributed by atoms with Gasteiger partial charge in [0.15, 0.2) is 5.78 Å². The Morgan fingerprint density at radius 2 is 2.05 bits per heavy atom. The molecule has 2 rings (SSSR count). The molecule has 0 saturated carbocycles. The van der Waals surface area contributed by atoms with Crippen LogP contribution in [-0.2, 0) is 0 Å². The molecule has 1 heterocycles. The molecule has 5 heteroatoms. The van der Waals surface area contributed by atoms with Crippen LogP contribution >= 0.6 is 27.5 Å². The molecule has 0 atom stereocenters. The lowest BCUT2D eigenvalue weighted by Gasteiger charge is -2.21. The van der Waals surface area contributed by atoms with Gasteiger partial charge in [0.05, 0.1) is 5.02 Å². The first-order valence-electron chi connectivity index (χ1n) is 7.45. The third-order valence-corrected chi connectivity index (χ3v) is 4.75. The third-order valence-electron chi connectivity index (χ3n) is 3.95. The van der Waals surface area contributed by atoms with Crippen LogP contribution in [0.25, 0.3) is 0 Å². The number of hydrogen-bond donors (Lipinski definition) is 0. The molecule has 0 radical (unpaired) electrons. The van der Waals surface area contributed by atoms with Crippen molar-refractivity contribution in [1.29, 1.82) is 0 Å². The normalized spacial score (nSPS) is 15.8. The summed E-state index contributed by atoms with van der Waals surface area (Å²) in [5.74, 6) is 0.112. The molecule has 21 heavy (non-hydrogen) atoms. The maximum absolute atomic E-state index is 12.2. The van der Waals surface area contributed by atoms with Crippen LogP contribution in [0.1, 0.15) is 29.6 Å². The van der Waals surface area contributed by atoms with Gasteiger partial charge in [-0.1, -0.05) is 27.5 Å². The van der Waals surface area contributed by atoms with Crippen molar-refractivity contribution in [2.45, 2.75) is 19.3 Å². The van der Waals surface area contributed by atoms with Crippen LogP contribution in [0, 0.1) is 0 Å². The summed E-state index contributed by atoms with van der Waals surface area (Å²) in [7, 11) is 2.08. The monoisotopic (exact) mass is 372 g/mol. The minimum absolute atomic E-state index is 0.112. The van der Waals surface area contributed by atoms with E-state index in [0.29, 0.717) is 17.0 Å². The highest BCUT2D eigenvalue weighted by molar-refractivity contribution is 9.10. The van der Waals surface area contributed by atoms with Crippen molar-refractivity contribution in [3.05, 3.63) is 33.3 Å². The molecular formula is C16H22BrClN2O. The number of nitrogens with zero attached hydrogens (tertiary/aromatic N) is 2. The zero-order chi connectivity index (χ0) is 15.2. The van der Waals surface area contributed by atoms with Gasteiger partial charge in [-0.3, -0.25) is 4.79 Å². The van der Waals surface area contributed by atoms with Gasteiger partial charge < -0.3 is 9.80 Å². The van der Waals surface area contributed by atoms with E-state index in [1.165, 1.54) is 25.9 Å². The average molecular weight is 374 g/mol. The standard InChI is InChI=1S/C16H22BrClN2O/c1-19(10-11-20-7-2-3-8-20)9-6-16(21)14-5-4-13(17)12-15(14)18/h4-5,12H,2-3,6-11H2,1H3. The highest BCUT2D eigenvalue weighted by atomic mass is 79.9. The van der Waals surface area contributed by atoms with E-state index >= 15 is 0 Å². The number of rotatable bonds is 7. The molecule has 0 N–H and O–H groups in total. The van der Waals surface area contributed by atoms with E-state index in [9.17, 15) is 4.79 Å². The predicted octanol–water partition coefficient (Wildman–Crippen LogP) is 3.70. The highest BCUT2D eigenvalue weighted by Gasteiger charge is 2.14. The second-order valence-electron chi connectivity index (χ2n) is 5.65. The lowest BCUT2D eigenvalue weighted by atomic mass is 10.1. The Labute approximate surface area is 140 Å². The predicted molar refractivity (Wildman–Crippen MR) is 91.3 cm³/mol. The maximum Gasteiger partial charge on any atom is 0.165 e. The first kappa shape index (κ1) is 16.9. The van der Waals surface area contributed by atoms with Crippen LogP contribution in [0.4, 0.5) is 0 Å². The molecular weight excluding hydrogens is 352 g/mol. The van der Waals surface area contributed by atoms with Crippen molar-refractivity contribution >= 4 is 33.3 Å². The molecule has 1 aromatic carbocycles. The van der Waals surface area contributed by atoms with Crippen LogP contribution in [0.2, 0.25) is 5.02 Å². The van der Waals surface area contributed by atoms with Gasteiger partial charge in [-0.25, -0.2) is 0 Å². The second-order valence-corrected chi connectivity index (χ2v) is 6.97. The number of ketones is 1. The number of hydrogen-bond acceptors (Lipinski definition) is 3. The van der Waals surface area contributed by atoms with Crippen molar-refractivity contribution in [2.24, 2.45) is 0 Å². The zero-order valence-electron chi connectivity index (χ0n) is 12.4. The van der Waals surface area contributed by atoms with E-state index in [2.05, 4.69) is 32.8 Å². The maximum atomic E-state index is 12.2. The molecule has 1 saturated heterocycles. The topological polar surface area (TPSA) is 23.6 Å². The Morgan fingerprint density at radius 1 is 1.33 bits per heavy atom. The smallest absolute Gasteiger partial charge is 0.165 e. The Bertz CT molecular complexity index is 489. The summed E-state index contributed by atoms with van der Waals surface area (Å²) in [5, 5.41) is 0.522. The van der Waals surface area contributed by atoms with Crippen molar-refractivity contribution in [3.8, 4) is 0 Å². The number of likely N-dealkylation sites (N-methyl/N-ethyl adjacent to an activating group) is 1. The Hall–Kier alpha value is -0.420. The summed E-state index contributed by atoms with van der Waals surface area (Å²) < 4.78 is 0.895. The van der Waals surface area contributed by atoms with Gasteiger partial charge in [0.25, 0.3) is 0 Å². The first-order chi connectivity index (χ1) is 10.1. The minimum Gasteiger partial charge on any atom is -0.305 e. The summed E-state index contributed by atoms with van der Waals surface area (Å²) >= 11 is 9.47. The second kappa shape index (κ2) is 8.28. The van der Waals surface area contributed by atoms with Gasteiger partial charge in [0.2, 0.25) is 0 Å². The number of halogens is 2. The van der Waals surface area contributed by atoms with Crippen molar-refractivity contribution < 1.29 is 4.79 Å². The summed E-state index contributed by atoms with van der Waals surface area (Å²) in [6.45, 7) is 5.34. The van der Waals surface area contributed by atoms with Crippen LogP contribution in [0.3, 0.4) is 0 Å². The first-order valence-corrected chi connectivity index (χ1v) is 8.62. The zero-order valence-corrected chi connectivity index (χ0v) is 14.8. The van der Waals surface area contributed by atoms with Crippen LogP contribution < -0.4 is 0 Å². The lowest BCUT2D eigenvalue weighted by Crippen LogP contribution is -2.32. The number of carbonyl (C=O) groups is 1. The summed E-state index contributed by atoms with van der Waals surface area (Å²) in [6, 6.07) is 5.42. The van der Waals surface area contributed by atoms with Crippen molar-refractivity contribution in [3.63, 3.8) is 0 Å². The van der Waals surface area contributed by atoms with Gasteiger partial charge >= 0.3 is 0 Å². The van der Waals surface area contributed by atoms with E-state index in [4.69, 9.17) is 11.6 Å². The third kappa shape index (κ3) is 5.37. The van der Waals surface area contributed by atoms with E-state index in [1.54, 1.807) is 12.1 Å². The Balaban J connectivity index is 1.74. The lowest BCUT2D eigenvalue weighted by molar-refractivity contribution is 0.0967. The Kier molecular flexibility index (Phi) is 6.68. The highest BCUT2D eigenvalue weighted by Crippen LogP contribution is 2.22. The van der Waals surface area contributed by atoms with Crippen molar-refractivity contribution in [1.82, 2.24) is 9.80 Å². The van der Waals surface area contributed by atoms with Crippen molar-refractivity contribution in [2.75, 3.05) is 39.8 Å². The molecule has 0 bridgehead atoms. The summed E-state index contributed by atoms with van der Waals surface area (Å²) in [4.78, 5) is 16.9. The van der Waals surface area contributed by atoms with Crippen LogP contribution in [0.5, 0.6) is 0 Å². The quantitative estimate of drug-likeness (QED) is 0.681. The molecule has 0 spiro atoms. The Morgan fingerprint density at radius 3 is 2.71 bits per heavy atom. The van der Waals surface area contributed by atoms with Gasteiger partial charge in [-0.15, -0.1) is 0 Å². The largest absolute Gasteiger partial charge is 0.305 e. The molecule has 1 aliphatic rings. The number of benzene rings is 1. The van der Waals surface area contributed by atoms with Gasteiger partial charge in [-0.05, 0) is 51.2 Å². The molecule has 116 valence electrons. The molecule has 0 aliphatic carbocycles. The van der Waals surface area contributed by atoms with Gasteiger partial charge in [0, 0.05) is 36.1 Å². The van der Waals surface area contributed by atoms with Gasteiger partial charge in [-0.2, -0.15) is 0 Å². The molecule has 0 amide bonds. The SMILES string of the molecule is CN(CCC(=O)c1ccc(Br)cc1Cl)CCN1CCCC1. The van der Waals surface area contributed by atoms with Crippen LogP contribution in [0.15, 0.2) is 22.7 Å². The molecule has 0 unspecified atom stereocenters. The fourth-order valence-electron chi connectivity index (χ4n) is 2.57. The molecule has 3 nitrogen and oxygen atoms in total. The van der Waals surface area contributed by atoms with E-state index in [0.717, 1.165) is 24.1 Å². The van der Waals surface area contributed by atoms with E-state index < -0.39 is 0 Å². The van der Waals surface area contributed by atoms with Gasteiger partial charge in [0.1, 0.15) is 0 Å². The number of carbonyl (C=O) groups excluding carboxylic acids is 1. The fraction of sp³-hybridized carbons (Fsp3) is 0.562.